The van der Waals surface area contributed by atoms with Crippen LogP contribution >= 0.6 is 15.9 Å². The largest absolute Gasteiger partial charge is 0.495 e. The van der Waals surface area contributed by atoms with Crippen LogP contribution in [0, 0.1) is 0 Å². The minimum atomic E-state index is -3.20. The molecule has 21 heavy (non-hydrogen) atoms. The van der Waals surface area contributed by atoms with Crippen molar-refractivity contribution < 1.29 is 17.9 Å². The molecule has 112 valence electrons. The van der Waals surface area contributed by atoms with E-state index in [1.807, 2.05) is 0 Å². The number of halogens is 1. The van der Waals surface area contributed by atoms with Crippen LogP contribution in [0.2, 0.25) is 0 Å². The molecule has 0 aliphatic rings. The lowest BCUT2D eigenvalue weighted by molar-refractivity contribution is 0.290. The molecule has 2 rings (SSSR count). The number of benzene rings is 1. The minimum Gasteiger partial charge on any atom is -0.495 e. The molecule has 0 atom stereocenters. The quantitative estimate of drug-likeness (QED) is 0.808. The van der Waals surface area contributed by atoms with E-state index in [-0.39, 0.29) is 11.5 Å². The topological polar surface area (TPSA) is 65.5 Å². The summed E-state index contributed by atoms with van der Waals surface area (Å²) in [4.78, 5) is 4.49. The molecule has 0 bridgehead atoms. The second-order valence-corrected chi connectivity index (χ2v) is 7.27. The first-order chi connectivity index (χ1) is 9.90. The van der Waals surface area contributed by atoms with Crippen molar-refractivity contribution in [1.29, 1.82) is 0 Å². The number of hydrogen-bond acceptors (Lipinski definition) is 5. The zero-order valence-corrected chi connectivity index (χ0v) is 13.9. The van der Waals surface area contributed by atoms with E-state index in [2.05, 4.69) is 20.9 Å². The molecule has 2 aromatic rings. The molecule has 1 aromatic heterocycles. The highest BCUT2D eigenvalue weighted by Crippen LogP contribution is 2.23. The molecule has 0 fully saturated rings. The van der Waals surface area contributed by atoms with Crippen LogP contribution in [0.1, 0.15) is 5.69 Å². The zero-order chi connectivity index (χ0) is 15.5. The minimum absolute atomic E-state index is 0.231. The van der Waals surface area contributed by atoms with Crippen molar-refractivity contribution in [2.45, 2.75) is 11.5 Å². The maximum absolute atomic E-state index is 11.4. The SMILES string of the molecule is COc1cc(Br)cnc1COc1ccc(S(C)(=O)=O)cc1. The van der Waals surface area contributed by atoms with Gasteiger partial charge in [-0.05, 0) is 46.3 Å². The average molecular weight is 372 g/mol. The Morgan fingerprint density at radius 3 is 2.48 bits per heavy atom. The predicted molar refractivity (Wildman–Crippen MR) is 82.4 cm³/mol. The number of rotatable bonds is 5. The first-order valence-electron chi connectivity index (χ1n) is 6.01. The van der Waals surface area contributed by atoms with E-state index in [0.29, 0.717) is 17.2 Å². The van der Waals surface area contributed by atoms with Crippen LogP contribution in [-0.4, -0.2) is 26.8 Å². The Hall–Kier alpha value is -1.60. The van der Waals surface area contributed by atoms with E-state index in [9.17, 15) is 8.42 Å². The standard InChI is InChI=1S/C14H14BrNO4S/c1-19-14-7-10(15)8-16-13(14)9-20-11-3-5-12(6-4-11)21(2,17)18/h3-8H,9H2,1-2H3. The molecule has 7 heteroatoms. The molecular weight excluding hydrogens is 358 g/mol. The molecule has 0 N–H and O–H groups in total. The van der Waals surface area contributed by atoms with Crippen molar-refractivity contribution >= 4 is 25.8 Å². The van der Waals surface area contributed by atoms with Gasteiger partial charge in [0.1, 0.15) is 23.8 Å². The number of ether oxygens (including phenoxy) is 2. The van der Waals surface area contributed by atoms with Crippen molar-refractivity contribution in [3.05, 3.63) is 46.7 Å². The number of methoxy groups -OCH3 is 1. The molecule has 0 saturated heterocycles. The second-order valence-electron chi connectivity index (χ2n) is 4.33. The number of hydrogen-bond donors (Lipinski definition) is 0. The summed E-state index contributed by atoms with van der Waals surface area (Å²) in [6, 6.07) is 8.05. The van der Waals surface area contributed by atoms with Crippen LogP contribution in [0.3, 0.4) is 0 Å². The molecule has 0 aliphatic carbocycles. The Balaban J connectivity index is 2.10. The van der Waals surface area contributed by atoms with E-state index in [1.165, 1.54) is 18.4 Å². The van der Waals surface area contributed by atoms with E-state index in [4.69, 9.17) is 9.47 Å². The summed E-state index contributed by atoms with van der Waals surface area (Å²) in [6.07, 6.45) is 2.83. The molecule has 0 spiro atoms. The Morgan fingerprint density at radius 2 is 1.90 bits per heavy atom. The molecule has 1 heterocycles. The second kappa shape index (κ2) is 6.44. The fourth-order valence-electron chi connectivity index (χ4n) is 1.67. The van der Waals surface area contributed by atoms with Crippen LogP contribution < -0.4 is 9.47 Å². The molecule has 5 nitrogen and oxygen atoms in total. The number of nitrogens with zero attached hydrogens (tertiary/aromatic N) is 1. The van der Waals surface area contributed by atoms with Crippen molar-refractivity contribution in [2.24, 2.45) is 0 Å². The molecule has 0 aliphatic heterocycles. The van der Waals surface area contributed by atoms with Crippen molar-refractivity contribution in [1.82, 2.24) is 4.98 Å². The van der Waals surface area contributed by atoms with Gasteiger partial charge in [0.25, 0.3) is 0 Å². The smallest absolute Gasteiger partial charge is 0.175 e. The number of aromatic nitrogens is 1. The lowest BCUT2D eigenvalue weighted by Crippen LogP contribution is -2.02. The lowest BCUT2D eigenvalue weighted by Gasteiger charge is -2.10. The van der Waals surface area contributed by atoms with Gasteiger partial charge < -0.3 is 9.47 Å². The van der Waals surface area contributed by atoms with Gasteiger partial charge in [0.2, 0.25) is 0 Å². The Kier molecular flexibility index (Phi) is 4.84. The summed E-state index contributed by atoms with van der Waals surface area (Å²) < 4.78 is 34.4. The van der Waals surface area contributed by atoms with Gasteiger partial charge in [0, 0.05) is 16.9 Å². The maximum atomic E-state index is 11.4. The van der Waals surface area contributed by atoms with Crippen molar-refractivity contribution in [2.75, 3.05) is 13.4 Å². The molecule has 0 saturated carbocycles. The van der Waals surface area contributed by atoms with Gasteiger partial charge in [-0.25, -0.2) is 8.42 Å². The summed E-state index contributed by atoms with van der Waals surface area (Å²) >= 11 is 3.32. The summed E-state index contributed by atoms with van der Waals surface area (Å²) in [5, 5.41) is 0. The fourth-order valence-corrected chi connectivity index (χ4v) is 2.61. The third-order valence-corrected chi connectivity index (χ3v) is 4.31. The first-order valence-corrected chi connectivity index (χ1v) is 8.70. The van der Waals surface area contributed by atoms with Gasteiger partial charge in [-0.1, -0.05) is 0 Å². The fraction of sp³-hybridized carbons (Fsp3) is 0.214. The highest BCUT2D eigenvalue weighted by Gasteiger charge is 2.08. The number of pyridine rings is 1. The number of sulfone groups is 1. The Labute approximate surface area is 132 Å². The third kappa shape index (κ3) is 4.18. The predicted octanol–water partition coefficient (Wildman–Crippen LogP) is 2.84. The van der Waals surface area contributed by atoms with Crippen molar-refractivity contribution in [3.63, 3.8) is 0 Å². The van der Waals surface area contributed by atoms with E-state index < -0.39 is 9.84 Å². The molecule has 0 amide bonds. The normalized spacial score (nSPS) is 11.2. The highest BCUT2D eigenvalue weighted by molar-refractivity contribution is 9.10. The van der Waals surface area contributed by atoms with E-state index in [0.717, 1.165) is 4.47 Å². The zero-order valence-electron chi connectivity index (χ0n) is 11.5. The van der Waals surface area contributed by atoms with Gasteiger partial charge in [-0.3, -0.25) is 4.98 Å². The third-order valence-electron chi connectivity index (χ3n) is 2.74. The van der Waals surface area contributed by atoms with Gasteiger partial charge in [-0.15, -0.1) is 0 Å². The van der Waals surface area contributed by atoms with Crippen molar-refractivity contribution in [3.8, 4) is 11.5 Å². The van der Waals surface area contributed by atoms with Gasteiger partial charge in [0.05, 0.1) is 12.0 Å². The van der Waals surface area contributed by atoms with E-state index in [1.54, 1.807) is 31.5 Å². The van der Waals surface area contributed by atoms with Crippen LogP contribution in [-0.2, 0) is 16.4 Å². The molecule has 0 unspecified atom stereocenters. The summed E-state index contributed by atoms with van der Waals surface area (Å²) in [5.74, 6) is 1.19. The lowest BCUT2D eigenvalue weighted by atomic mass is 10.3. The monoisotopic (exact) mass is 371 g/mol. The highest BCUT2D eigenvalue weighted by atomic mass is 79.9. The Morgan fingerprint density at radius 1 is 1.24 bits per heavy atom. The summed E-state index contributed by atoms with van der Waals surface area (Å²) in [6.45, 7) is 0.231. The van der Waals surface area contributed by atoms with Gasteiger partial charge in [-0.2, -0.15) is 0 Å². The van der Waals surface area contributed by atoms with Gasteiger partial charge >= 0.3 is 0 Å². The Bertz CT molecular complexity index is 729. The molecule has 0 radical (unpaired) electrons. The van der Waals surface area contributed by atoms with Crippen LogP contribution in [0.25, 0.3) is 0 Å². The summed E-state index contributed by atoms with van der Waals surface area (Å²) in [7, 11) is -1.63. The van der Waals surface area contributed by atoms with Gasteiger partial charge in [0.15, 0.2) is 9.84 Å². The molecular formula is C14H14BrNO4S. The van der Waals surface area contributed by atoms with Crippen LogP contribution in [0.5, 0.6) is 11.5 Å². The molecule has 1 aromatic carbocycles. The first kappa shape index (κ1) is 15.8. The maximum Gasteiger partial charge on any atom is 0.175 e. The van der Waals surface area contributed by atoms with E-state index >= 15 is 0 Å². The van der Waals surface area contributed by atoms with Crippen LogP contribution in [0.4, 0.5) is 0 Å². The summed E-state index contributed by atoms with van der Waals surface area (Å²) in [5.41, 5.74) is 0.660. The van der Waals surface area contributed by atoms with Crippen LogP contribution in [0.15, 0.2) is 45.9 Å². The average Bonchev–Trinajstić information content (AvgIpc) is 2.45.